The molecule has 24 heavy (non-hydrogen) atoms. The van der Waals surface area contributed by atoms with E-state index in [0.717, 1.165) is 28.6 Å². The lowest BCUT2D eigenvalue weighted by molar-refractivity contribution is -0.121. The molecule has 1 unspecified atom stereocenters. The van der Waals surface area contributed by atoms with Gasteiger partial charge in [0.1, 0.15) is 5.82 Å². The van der Waals surface area contributed by atoms with E-state index >= 15 is 0 Å². The summed E-state index contributed by atoms with van der Waals surface area (Å²) < 4.78 is 13.8. The van der Waals surface area contributed by atoms with Crippen LogP contribution in [0, 0.1) is 5.82 Å². The molecular formula is C20H19FN2O. The van der Waals surface area contributed by atoms with Gasteiger partial charge in [0.15, 0.2) is 0 Å². The van der Waals surface area contributed by atoms with E-state index in [4.69, 9.17) is 0 Å². The van der Waals surface area contributed by atoms with E-state index in [1.165, 1.54) is 11.5 Å². The van der Waals surface area contributed by atoms with Crippen molar-refractivity contribution in [3.05, 3.63) is 71.2 Å². The van der Waals surface area contributed by atoms with Gasteiger partial charge >= 0.3 is 0 Å². The zero-order valence-corrected chi connectivity index (χ0v) is 13.3. The number of amides is 1. The third-order valence-corrected chi connectivity index (χ3v) is 4.85. The molecule has 0 fully saturated rings. The first kappa shape index (κ1) is 14.9. The molecule has 1 atom stereocenters. The predicted molar refractivity (Wildman–Crippen MR) is 92.2 cm³/mol. The quantitative estimate of drug-likeness (QED) is 0.748. The van der Waals surface area contributed by atoms with Crippen LogP contribution >= 0.6 is 0 Å². The number of fused-ring (bicyclic) bond motifs is 2. The van der Waals surface area contributed by atoms with E-state index < -0.39 is 0 Å². The molecule has 3 nitrogen and oxygen atoms in total. The summed E-state index contributed by atoms with van der Waals surface area (Å²) in [6, 6.07) is 13.1. The van der Waals surface area contributed by atoms with Crippen molar-refractivity contribution in [2.75, 3.05) is 0 Å². The number of carbonyl (C=O) groups is 1. The number of aryl methyl sites for hydroxylation is 1. The Labute approximate surface area is 139 Å². The molecule has 1 aliphatic rings. The second kappa shape index (κ2) is 6.11. The second-order valence-electron chi connectivity index (χ2n) is 6.33. The molecule has 2 aromatic carbocycles. The van der Waals surface area contributed by atoms with Gasteiger partial charge in [-0.15, -0.1) is 0 Å². The van der Waals surface area contributed by atoms with Gasteiger partial charge in [0, 0.05) is 23.5 Å². The van der Waals surface area contributed by atoms with Crippen LogP contribution < -0.4 is 5.32 Å². The first-order chi connectivity index (χ1) is 11.7. The minimum absolute atomic E-state index is 0.0161. The number of halogens is 1. The molecule has 2 N–H and O–H groups in total. The Kier molecular flexibility index (Phi) is 3.81. The summed E-state index contributed by atoms with van der Waals surface area (Å²) in [5.41, 5.74) is 3.92. The first-order valence-electron chi connectivity index (χ1n) is 8.34. The number of hydrogen-bond acceptors (Lipinski definition) is 1. The van der Waals surface area contributed by atoms with Crippen molar-refractivity contribution in [2.45, 2.75) is 31.7 Å². The lowest BCUT2D eigenvalue weighted by Gasteiger charge is -2.14. The number of rotatable bonds is 4. The highest BCUT2D eigenvalue weighted by Crippen LogP contribution is 2.32. The molecule has 3 aromatic rings. The zero-order chi connectivity index (χ0) is 16.5. The van der Waals surface area contributed by atoms with Gasteiger partial charge in [0.25, 0.3) is 0 Å². The van der Waals surface area contributed by atoms with Crippen LogP contribution in [0.2, 0.25) is 0 Å². The average Bonchev–Trinajstić information content (AvgIpc) is 3.18. The summed E-state index contributed by atoms with van der Waals surface area (Å²) >= 11 is 0. The summed E-state index contributed by atoms with van der Waals surface area (Å²) in [6.45, 7) is 0. The van der Waals surface area contributed by atoms with Crippen LogP contribution in [0.5, 0.6) is 0 Å². The molecule has 122 valence electrons. The molecule has 0 spiro atoms. The van der Waals surface area contributed by atoms with Gasteiger partial charge in [0.05, 0.1) is 6.04 Å². The van der Waals surface area contributed by atoms with Crippen molar-refractivity contribution in [1.82, 2.24) is 10.3 Å². The summed E-state index contributed by atoms with van der Waals surface area (Å²) in [4.78, 5) is 15.5. The lowest BCUT2D eigenvalue weighted by atomic mass is 10.1. The Bertz CT molecular complexity index is 900. The Morgan fingerprint density at radius 1 is 1.21 bits per heavy atom. The van der Waals surface area contributed by atoms with Crippen LogP contribution in [-0.2, 0) is 17.6 Å². The summed E-state index contributed by atoms with van der Waals surface area (Å²) in [7, 11) is 0. The van der Waals surface area contributed by atoms with E-state index in [2.05, 4.69) is 16.4 Å². The fourth-order valence-corrected chi connectivity index (χ4v) is 3.61. The van der Waals surface area contributed by atoms with Gasteiger partial charge in [-0.05, 0) is 48.1 Å². The van der Waals surface area contributed by atoms with Crippen molar-refractivity contribution in [1.29, 1.82) is 0 Å². The summed E-state index contributed by atoms with van der Waals surface area (Å²) in [5, 5.41) is 4.22. The molecule has 1 aliphatic carbocycles. The molecule has 1 amide bonds. The number of nitrogens with one attached hydrogen (secondary N) is 2. The maximum Gasteiger partial charge on any atom is 0.220 e. The van der Waals surface area contributed by atoms with Crippen molar-refractivity contribution >= 4 is 16.8 Å². The van der Waals surface area contributed by atoms with Gasteiger partial charge in [0.2, 0.25) is 5.91 Å². The molecule has 4 heteroatoms. The fourth-order valence-electron chi connectivity index (χ4n) is 3.61. The normalized spacial score (nSPS) is 16.3. The van der Waals surface area contributed by atoms with E-state index in [0.29, 0.717) is 19.3 Å². The number of para-hydroxylation sites is 1. The lowest BCUT2D eigenvalue weighted by Crippen LogP contribution is -2.27. The van der Waals surface area contributed by atoms with Crippen molar-refractivity contribution in [2.24, 2.45) is 0 Å². The molecule has 0 aliphatic heterocycles. The maximum atomic E-state index is 13.8. The van der Waals surface area contributed by atoms with Gasteiger partial charge in [-0.3, -0.25) is 4.79 Å². The van der Waals surface area contributed by atoms with Crippen LogP contribution in [0.3, 0.4) is 0 Å². The van der Waals surface area contributed by atoms with Gasteiger partial charge in [-0.25, -0.2) is 4.39 Å². The first-order valence-corrected chi connectivity index (χ1v) is 8.34. The Morgan fingerprint density at radius 2 is 2.08 bits per heavy atom. The Balaban J connectivity index is 1.41. The van der Waals surface area contributed by atoms with E-state index in [1.807, 2.05) is 30.5 Å². The number of aromatic amines is 1. The van der Waals surface area contributed by atoms with E-state index in [9.17, 15) is 9.18 Å². The summed E-state index contributed by atoms with van der Waals surface area (Å²) in [5.74, 6) is -0.148. The van der Waals surface area contributed by atoms with E-state index in [-0.39, 0.29) is 17.8 Å². The van der Waals surface area contributed by atoms with Crippen LogP contribution in [0.1, 0.15) is 35.6 Å². The minimum atomic E-state index is -0.164. The third-order valence-electron chi connectivity index (χ3n) is 4.85. The van der Waals surface area contributed by atoms with Gasteiger partial charge in [-0.1, -0.05) is 30.3 Å². The van der Waals surface area contributed by atoms with Crippen LogP contribution in [0.4, 0.5) is 4.39 Å². The van der Waals surface area contributed by atoms with Crippen molar-refractivity contribution in [3.8, 4) is 0 Å². The molecular weight excluding hydrogens is 303 g/mol. The molecule has 0 saturated carbocycles. The van der Waals surface area contributed by atoms with Crippen LogP contribution in [0.25, 0.3) is 10.9 Å². The van der Waals surface area contributed by atoms with Crippen LogP contribution in [-0.4, -0.2) is 10.9 Å². The van der Waals surface area contributed by atoms with E-state index in [1.54, 1.807) is 6.07 Å². The molecule has 0 radical (unpaired) electrons. The van der Waals surface area contributed by atoms with Gasteiger partial charge in [-0.2, -0.15) is 0 Å². The zero-order valence-electron chi connectivity index (χ0n) is 13.3. The predicted octanol–water partition coefficient (Wildman–Crippen LogP) is 4.04. The molecule has 1 heterocycles. The topological polar surface area (TPSA) is 44.9 Å². The standard InChI is InChI=1S/C20H19FN2O/c21-17-6-3-5-16-15(17)9-10-19(16)23-20(24)11-8-13-12-22-18-7-2-1-4-14(13)18/h1-7,12,19,22H,8-11H2,(H,23,24). The highest BCUT2D eigenvalue weighted by molar-refractivity contribution is 5.84. The molecule has 4 rings (SSSR count). The third kappa shape index (κ3) is 2.68. The number of carbonyl (C=O) groups excluding carboxylic acids is 1. The monoisotopic (exact) mass is 322 g/mol. The average molecular weight is 322 g/mol. The Morgan fingerprint density at radius 3 is 3.00 bits per heavy atom. The second-order valence-corrected chi connectivity index (χ2v) is 6.33. The number of H-pyrrole nitrogens is 1. The molecule has 1 aromatic heterocycles. The number of benzene rings is 2. The van der Waals surface area contributed by atoms with Crippen LogP contribution in [0.15, 0.2) is 48.7 Å². The summed E-state index contributed by atoms with van der Waals surface area (Å²) in [6.07, 6.45) is 4.56. The fraction of sp³-hybridized carbons (Fsp3) is 0.250. The smallest absolute Gasteiger partial charge is 0.220 e. The maximum absolute atomic E-state index is 13.8. The largest absolute Gasteiger partial charge is 0.361 e. The van der Waals surface area contributed by atoms with Crippen molar-refractivity contribution in [3.63, 3.8) is 0 Å². The Hall–Kier alpha value is -2.62. The van der Waals surface area contributed by atoms with Crippen molar-refractivity contribution < 1.29 is 9.18 Å². The minimum Gasteiger partial charge on any atom is -0.361 e. The number of hydrogen-bond donors (Lipinski definition) is 2. The molecule has 0 saturated heterocycles. The van der Waals surface area contributed by atoms with Gasteiger partial charge < -0.3 is 10.3 Å². The number of aromatic nitrogens is 1. The SMILES string of the molecule is O=C(CCc1c[nH]c2ccccc12)NC1CCc2c(F)cccc21. The highest BCUT2D eigenvalue weighted by atomic mass is 19.1. The highest BCUT2D eigenvalue weighted by Gasteiger charge is 2.25. The molecule has 0 bridgehead atoms.